The molecule has 1 aromatic carbocycles. The largest absolute Gasteiger partial charge is 0.496 e. The summed E-state index contributed by atoms with van der Waals surface area (Å²) in [5.74, 6) is 1.26. The highest BCUT2D eigenvalue weighted by molar-refractivity contribution is 5.88. The Bertz CT molecular complexity index is 630. The molecular formula is C15H17NO3. The maximum Gasteiger partial charge on any atom is 0.216 e. The Morgan fingerprint density at radius 2 is 2.37 bits per heavy atom. The first kappa shape index (κ1) is 12.1. The standard InChI is InChI=1S/C15H17NO3/c1-9(17)16-7-10-3-4-11-13(18-2)5-6-14-15(11)12(10)8-19-14/h5-6,8,10H,3-4,7H2,1-2H3,(H,16,17). The van der Waals surface area contributed by atoms with Crippen LogP contribution in [0, 0.1) is 0 Å². The number of amides is 1. The third-order valence-corrected chi connectivity index (χ3v) is 3.83. The second-order valence-corrected chi connectivity index (χ2v) is 4.98. The van der Waals surface area contributed by atoms with Gasteiger partial charge >= 0.3 is 0 Å². The average Bonchev–Trinajstić information content (AvgIpc) is 2.84. The molecule has 1 heterocycles. The molecule has 0 radical (unpaired) electrons. The van der Waals surface area contributed by atoms with E-state index in [4.69, 9.17) is 9.15 Å². The van der Waals surface area contributed by atoms with Crippen molar-refractivity contribution < 1.29 is 13.9 Å². The summed E-state index contributed by atoms with van der Waals surface area (Å²) in [6, 6.07) is 3.90. The first-order valence-electron chi connectivity index (χ1n) is 6.52. The van der Waals surface area contributed by atoms with Crippen molar-refractivity contribution >= 4 is 16.9 Å². The third kappa shape index (κ3) is 1.97. The van der Waals surface area contributed by atoms with Crippen LogP contribution >= 0.6 is 0 Å². The molecule has 1 atom stereocenters. The minimum absolute atomic E-state index is 0.0103. The maximum atomic E-state index is 11.1. The molecule has 4 heteroatoms. The van der Waals surface area contributed by atoms with Crippen molar-refractivity contribution in [3.8, 4) is 5.75 Å². The Kier molecular flexibility index (Phi) is 2.93. The zero-order chi connectivity index (χ0) is 13.4. The Balaban J connectivity index is 2.03. The molecule has 1 amide bonds. The van der Waals surface area contributed by atoms with Crippen molar-refractivity contribution in [2.45, 2.75) is 25.7 Å². The molecule has 19 heavy (non-hydrogen) atoms. The van der Waals surface area contributed by atoms with Gasteiger partial charge in [-0.2, -0.15) is 0 Å². The summed E-state index contributed by atoms with van der Waals surface area (Å²) in [7, 11) is 1.70. The fraction of sp³-hybridized carbons (Fsp3) is 0.400. The first-order valence-corrected chi connectivity index (χ1v) is 6.52. The van der Waals surface area contributed by atoms with Crippen molar-refractivity contribution in [3.05, 3.63) is 29.5 Å². The molecule has 1 aliphatic rings. The number of methoxy groups -OCH3 is 1. The van der Waals surface area contributed by atoms with E-state index in [0.717, 1.165) is 24.2 Å². The summed E-state index contributed by atoms with van der Waals surface area (Å²) in [6.07, 6.45) is 3.78. The number of hydrogen-bond donors (Lipinski definition) is 1. The van der Waals surface area contributed by atoms with E-state index in [1.165, 1.54) is 16.5 Å². The lowest BCUT2D eigenvalue weighted by Gasteiger charge is -2.23. The lowest BCUT2D eigenvalue weighted by molar-refractivity contribution is -0.119. The van der Waals surface area contributed by atoms with E-state index < -0.39 is 0 Å². The highest BCUT2D eigenvalue weighted by Gasteiger charge is 2.26. The molecule has 100 valence electrons. The van der Waals surface area contributed by atoms with Gasteiger partial charge in [-0.1, -0.05) is 0 Å². The highest BCUT2D eigenvalue weighted by atomic mass is 16.5. The molecule has 3 rings (SSSR count). The van der Waals surface area contributed by atoms with Crippen LogP contribution in [0.3, 0.4) is 0 Å². The number of rotatable bonds is 3. The van der Waals surface area contributed by atoms with Gasteiger partial charge in [-0.05, 0) is 25.0 Å². The quantitative estimate of drug-likeness (QED) is 0.921. The van der Waals surface area contributed by atoms with Crippen molar-refractivity contribution in [2.75, 3.05) is 13.7 Å². The summed E-state index contributed by atoms with van der Waals surface area (Å²) in [5.41, 5.74) is 3.31. The van der Waals surface area contributed by atoms with Crippen LogP contribution in [0.4, 0.5) is 0 Å². The normalized spacial score (nSPS) is 17.5. The summed E-state index contributed by atoms with van der Waals surface area (Å²) >= 11 is 0. The highest BCUT2D eigenvalue weighted by Crippen LogP contribution is 2.41. The smallest absolute Gasteiger partial charge is 0.216 e. The number of furan rings is 1. The van der Waals surface area contributed by atoms with Crippen molar-refractivity contribution in [2.24, 2.45) is 0 Å². The molecule has 0 fully saturated rings. The molecule has 2 aromatic rings. The van der Waals surface area contributed by atoms with Gasteiger partial charge in [0.25, 0.3) is 0 Å². The minimum Gasteiger partial charge on any atom is -0.496 e. The fourth-order valence-corrected chi connectivity index (χ4v) is 2.90. The van der Waals surface area contributed by atoms with Gasteiger partial charge in [0.05, 0.1) is 13.4 Å². The van der Waals surface area contributed by atoms with Crippen LogP contribution in [0.1, 0.15) is 30.4 Å². The van der Waals surface area contributed by atoms with E-state index in [1.54, 1.807) is 14.0 Å². The number of carbonyl (C=O) groups is 1. The summed E-state index contributed by atoms with van der Waals surface area (Å²) in [5, 5.41) is 4.06. The molecule has 0 saturated heterocycles. The van der Waals surface area contributed by atoms with Crippen LogP contribution in [-0.4, -0.2) is 19.6 Å². The van der Waals surface area contributed by atoms with Gasteiger partial charge in [-0.25, -0.2) is 0 Å². The average molecular weight is 259 g/mol. The Morgan fingerprint density at radius 1 is 1.53 bits per heavy atom. The summed E-state index contributed by atoms with van der Waals surface area (Å²) in [6.45, 7) is 2.21. The molecule has 1 N–H and O–H groups in total. The predicted octanol–water partition coefficient (Wildman–Crippen LogP) is 2.61. The molecule has 0 spiro atoms. The monoisotopic (exact) mass is 259 g/mol. The topological polar surface area (TPSA) is 51.5 Å². The van der Waals surface area contributed by atoms with Crippen LogP contribution in [0.15, 0.2) is 22.8 Å². The van der Waals surface area contributed by atoms with Gasteiger partial charge in [-0.15, -0.1) is 0 Å². The van der Waals surface area contributed by atoms with Crippen molar-refractivity contribution in [1.82, 2.24) is 5.32 Å². The van der Waals surface area contributed by atoms with Gasteiger partial charge in [0, 0.05) is 35.9 Å². The van der Waals surface area contributed by atoms with E-state index in [9.17, 15) is 4.79 Å². The molecule has 4 nitrogen and oxygen atoms in total. The van der Waals surface area contributed by atoms with Gasteiger partial charge in [0.15, 0.2) is 0 Å². The second-order valence-electron chi connectivity index (χ2n) is 4.98. The molecular weight excluding hydrogens is 242 g/mol. The fourth-order valence-electron chi connectivity index (χ4n) is 2.90. The number of hydrogen-bond acceptors (Lipinski definition) is 3. The molecule has 0 saturated carbocycles. The number of nitrogens with one attached hydrogen (secondary N) is 1. The van der Waals surface area contributed by atoms with E-state index >= 15 is 0 Å². The SMILES string of the molecule is COc1ccc2occ3c2c1CCC3CNC(C)=O. The second kappa shape index (κ2) is 4.61. The molecule has 0 bridgehead atoms. The van der Waals surface area contributed by atoms with Crippen LogP contribution in [-0.2, 0) is 11.2 Å². The minimum atomic E-state index is 0.0103. The lowest BCUT2D eigenvalue weighted by atomic mass is 9.84. The number of carbonyl (C=O) groups excluding carboxylic acids is 1. The number of benzene rings is 1. The van der Waals surface area contributed by atoms with Crippen LogP contribution in [0.25, 0.3) is 11.0 Å². The Hall–Kier alpha value is -1.97. The van der Waals surface area contributed by atoms with Crippen LogP contribution < -0.4 is 10.1 Å². The number of ether oxygens (including phenoxy) is 1. The van der Waals surface area contributed by atoms with E-state index in [0.29, 0.717) is 12.5 Å². The van der Waals surface area contributed by atoms with E-state index in [1.807, 2.05) is 18.4 Å². The zero-order valence-corrected chi connectivity index (χ0v) is 11.2. The van der Waals surface area contributed by atoms with Crippen molar-refractivity contribution in [3.63, 3.8) is 0 Å². The first-order chi connectivity index (χ1) is 9.20. The predicted molar refractivity (Wildman–Crippen MR) is 72.5 cm³/mol. The zero-order valence-electron chi connectivity index (χ0n) is 11.2. The van der Waals surface area contributed by atoms with E-state index in [2.05, 4.69) is 5.32 Å². The molecule has 1 unspecified atom stereocenters. The third-order valence-electron chi connectivity index (χ3n) is 3.83. The summed E-state index contributed by atoms with van der Waals surface area (Å²) < 4.78 is 11.1. The Labute approximate surface area is 111 Å². The molecule has 1 aromatic heterocycles. The number of aryl methyl sites for hydroxylation is 1. The van der Waals surface area contributed by atoms with Crippen LogP contribution in [0.2, 0.25) is 0 Å². The lowest BCUT2D eigenvalue weighted by Crippen LogP contribution is -2.27. The Morgan fingerprint density at radius 3 is 3.11 bits per heavy atom. The van der Waals surface area contributed by atoms with Gasteiger partial charge in [0.2, 0.25) is 5.91 Å². The summed E-state index contributed by atoms with van der Waals surface area (Å²) in [4.78, 5) is 11.1. The molecule has 1 aliphatic carbocycles. The van der Waals surface area contributed by atoms with Gasteiger partial charge in [0.1, 0.15) is 11.3 Å². The van der Waals surface area contributed by atoms with Crippen molar-refractivity contribution in [1.29, 1.82) is 0 Å². The van der Waals surface area contributed by atoms with Gasteiger partial charge in [-0.3, -0.25) is 4.79 Å². The van der Waals surface area contributed by atoms with Gasteiger partial charge < -0.3 is 14.5 Å². The van der Waals surface area contributed by atoms with E-state index in [-0.39, 0.29) is 5.91 Å². The molecule has 0 aliphatic heterocycles. The van der Waals surface area contributed by atoms with Crippen LogP contribution in [0.5, 0.6) is 5.75 Å². The maximum absolute atomic E-state index is 11.1.